The fraction of sp³-hybridized carbons (Fsp3) is 0.550. The fourth-order valence-electron chi connectivity index (χ4n) is 4.10. The van der Waals surface area contributed by atoms with Gasteiger partial charge in [0.25, 0.3) is 0 Å². The van der Waals surface area contributed by atoms with E-state index >= 15 is 0 Å². The van der Waals surface area contributed by atoms with E-state index in [0.717, 1.165) is 19.4 Å². The quantitative estimate of drug-likeness (QED) is 0.824. The lowest BCUT2D eigenvalue weighted by molar-refractivity contribution is -0.131. The van der Waals surface area contributed by atoms with Gasteiger partial charge in [-0.05, 0) is 30.9 Å². The van der Waals surface area contributed by atoms with Crippen LogP contribution >= 0.6 is 0 Å². The molecule has 2 fully saturated rings. The van der Waals surface area contributed by atoms with Gasteiger partial charge >= 0.3 is 0 Å². The normalized spacial score (nSPS) is 24.8. The molecule has 2 aliphatic rings. The molecule has 0 spiro atoms. The maximum atomic E-state index is 12.6. The molecule has 2 aliphatic heterocycles. The first-order chi connectivity index (χ1) is 12.6. The van der Waals surface area contributed by atoms with E-state index in [-0.39, 0.29) is 18.1 Å². The molecular weight excluding hydrogens is 330 g/mol. The van der Waals surface area contributed by atoms with E-state index in [0.29, 0.717) is 37.1 Å². The van der Waals surface area contributed by atoms with Gasteiger partial charge in [-0.25, -0.2) is 0 Å². The van der Waals surface area contributed by atoms with Gasteiger partial charge < -0.3 is 14.1 Å². The summed E-state index contributed by atoms with van der Waals surface area (Å²) in [7, 11) is 0. The number of rotatable bonds is 5. The molecule has 0 saturated carbocycles. The third-order valence-electron chi connectivity index (χ3n) is 5.51. The highest BCUT2D eigenvalue weighted by atomic mass is 16.5. The largest absolute Gasteiger partial charge is 0.426 e. The Morgan fingerprint density at radius 1 is 1.23 bits per heavy atom. The van der Waals surface area contributed by atoms with Crippen molar-refractivity contribution < 1.29 is 13.9 Å². The van der Waals surface area contributed by atoms with Gasteiger partial charge in [0, 0.05) is 32.4 Å². The van der Waals surface area contributed by atoms with Crippen LogP contribution in [-0.2, 0) is 22.4 Å². The molecule has 1 aromatic heterocycles. The molecule has 26 heavy (non-hydrogen) atoms. The van der Waals surface area contributed by atoms with Gasteiger partial charge in [-0.2, -0.15) is 0 Å². The van der Waals surface area contributed by atoms with Crippen LogP contribution in [0, 0.1) is 19.8 Å². The molecular formula is C20H25N3O3. The second-order valence-electron chi connectivity index (χ2n) is 7.44. The van der Waals surface area contributed by atoms with E-state index < -0.39 is 0 Å². The lowest BCUT2D eigenvalue weighted by Gasteiger charge is -2.19. The second kappa shape index (κ2) is 7.19. The van der Waals surface area contributed by atoms with Crippen molar-refractivity contribution in [2.24, 2.45) is 5.92 Å². The Morgan fingerprint density at radius 2 is 2.08 bits per heavy atom. The maximum absolute atomic E-state index is 12.6. The van der Waals surface area contributed by atoms with Crippen LogP contribution in [0.15, 0.2) is 28.7 Å². The number of aromatic nitrogens is 2. The number of fused-ring (bicyclic) bond motifs is 1. The first-order valence-corrected chi connectivity index (χ1v) is 9.35. The van der Waals surface area contributed by atoms with Crippen LogP contribution < -0.4 is 0 Å². The summed E-state index contributed by atoms with van der Waals surface area (Å²) in [6, 6.07) is 8.27. The minimum Gasteiger partial charge on any atom is -0.426 e. The molecule has 0 bridgehead atoms. The number of carbonyl (C=O) groups excluding carboxylic acids is 1. The zero-order chi connectivity index (χ0) is 18.1. The zero-order valence-electron chi connectivity index (χ0n) is 15.4. The number of amides is 1. The molecule has 0 unspecified atom stereocenters. The Morgan fingerprint density at radius 3 is 2.81 bits per heavy atom. The molecule has 6 nitrogen and oxygen atoms in total. The van der Waals surface area contributed by atoms with Gasteiger partial charge in [0.2, 0.25) is 17.7 Å². The maximum Gasteiger partial charge on any atom is 0.223 e. The average Bonchev–Trinajstić information content (AvgIpc) is 3.29. The van der Waals surface area contributed by atoms with Gasteiger partial charge in [-0.1, -0.05) is 24.3 Å². The number of aryl methyl sites for hydroxylation is 3. The first-order valence-electron chi connectivity index (χ1n) is 9.35. The number of hydrogen-bond acceptors (Lipinski definition) is 5. The SMILES string of the molecule is Cc1nnc(C[C@@H]2C[C@H]3CN(C(=O)CCc4ccccc4C)C[C@H]3O2)o1. The highest BCUT2D eigenvalue weighted by Crippen LogP contribution is 2.34. The highest BCUT2D eigenvalue weighted by Gasteiger charge is 2.43. The average molecular weight is 355 g/mol. The van der Waals surface area contributed by atoms with Crippen molar-refractivity contribution in [2.75, 3.05) is 13.1 Å². The van der Waals surface area contributed by atoms with Crippen LogP contribution in [0.3, 0.4) is 0 Å². The van der Waals surface area contributed by atoms with E-state index in [1.807, 2.05) is 17.0 Å². The Bertz CT molecular complexity index is 774. The summed E-state index contributed by atoms with van der Waals surface area (Å²) in [6.07, 6.45) is 3.25. The zero-order valence-corrected chi connectivity index (χ0v) is 15.4. The molecule has 3 atom stereocenters. The van der Waals surface area contributed by atoms with Crippen LogP contribution in [0.1, 0.15) is 35.7 Å². The van der Waals surface area contributed by atoms with Crippen LogP contribution in [0.4, 0.5) is 0 Å². The van der Waals surface area contributed by atoms with Gasteiger partial charge in [0.15, 0.2) is 0 Å². The number of likely N-dealkylation sites (tertiary alicyclic amines) is 1. The fourth-order valence-corrected chi connectivity index (χ4v) is 4.10. The molecule has 2 saturated heterocycles. The van der Waals surface area contributed by atoms with Crippen LogP contribution in [-0.4, -0.2) is 46.3 Å². The van der Waals surface area contributed by atoms with Gasteiger partial charge in [0.1, 0.15) is 0 Å². The van der Waals surface area contributed by atoms with E-state index in [2.05, 4.69) is 29.3 Å². The van der Waals surface area contributed by atoms with E-state index in [1.165, 1.54) is 11.1 Å². The van der Waals surface area contributed by atoms with Crippen LogP contribution in [0.2, 0.25) is 0 Å². The minimum absolute atomic E-state index is 0.120. The first kappa shape index (κ1) is 17.2. The second-order valence-corrected chi connectivity index (χ2v) is 7.44. The van der Waals surface area contributed by atoms with Crippen molar-refractivity contribution in [1.82, 2.24) is 15.1 Å². The molecule has 0 N–H and O–H groups in total. The predicted molar refractivity (Wildman–Crippen MR) is 95.6 cm³/mol. The highest BCUT2D eigenvalue weighted by molar-refractivity contribution is 5.77. The summed E-state index contributed by atoms with van der Waals surface area (Å²) in [5, 5.41) is 7.91. The standard InChI is InChI=1S/C20H25N3O3/c1-13-5-3-4-6-15(13)7-8-20(24)23-11-16-9-17(26-18(16)12-23)10-19-22-21-14(2)25-19/h3-6,16-18H,7-12H2,1-2H3/t16-,17-,18+/m0/s1. The van der Waals surface area contributed by atoms with E-state index in [4.69, 9.17) is 9.15 Å². The topological polar surface area (TPSA) is 68.5 Å². The number of hydrogen-bond donors (Lipinski definition) is 0. The third-order valence-corrected chi connectivity index (χ3v) is 5.51. The Labute approximate surface area is 153 Å². The van der Waals surface area contributed by atoms with E-state index in [1.54, 1.807) is 6.92 Å². The summed E-state index contributed by atoms with van der Waals surface area (Å²) < 4.78 is 11.6. The Hall–Kier alpha value is -2.21. The third kappa shape index (κ3) is 3.65. The van der Waals surface area contributed by atoms with Crippen molar-refractivity contribution in [3.05, 3.63) is 47.2 Å². The molecule has 138 valence electrons. The van der Waals surface area contributed by atoms with E-state index in [9.17, 15) is 4.79 Å². The number of nitrogens with zero attached hydrogens (tertiary/aromatic N) is 3. The molecule has 6 heteroatoms. The molecule has 0 radical (unpaired) electrons. The summed E-state index contributed by atoms with van der Waals surface area (Å²) in [5.74, 6) is 1.88. The molecule has 3 heterocycles. The molecule has 0 aliphatic carbocycles. The molecule has 1 aromatic carbocycles. The Kier molecular flexibility index (Phi) is 4.76. The van der Waals surface area contributed by atoms with Gasteiger partial charge in [-0.15, -0.1) is 10.2 Å². The minimum atomic E-state index is 0.120. The van der Waals surface area contributed by atoms with Gasteiger partial charge in [0.05, 0.1) is 18.6 Å². The lowest BCUT2D eigenvalue weighted by atomic mass is 10.0. The van der Waals surface area contributed by atoms with Crippen molar-refractivity contribution in [2.45, 2.75) is 51.7 Å². The Balaban J connectivity index is 1.26. The monoisotopic (exact) mass is 355 g/mol. The molecule has 4 rings (SSSR count). The summed E-state index contributed by atoms with van der Waals surface area (Å²) in [4.78, 5) is 14.5. The van der Waals surface area contributed by atoms with Crippen LogP contribution in [0.25, 0.3) is 0 Å². The lowest BCUT2D eigenvalue weighted by Crippen LogP contribution is -2.31. The smallest absolute Gasteiger partial charge is 0.223 e. The van der Waals surface area contributed by atoms with Crippen molar-refractivity contribution in [3.63, 3.8) is 0 Å². The predicted octanol–water partition coefficient (Wildman–Crippen LogP) is 2.48. The number of ether oxygens (including phenoxy) is 1. The van der Waals surface area contributed by atoms with Gasteiger partial charge in [-0.3, -0.25) is 4.79 Å². The van der Waals surface area contributed by atoms with Crippen LogP contribution in [0.5, 0.6) is 0 Å². The van der Waals surface area contributed by atoms with Crippen molar-refractivity contribution >= 4 is 5.91 Å². The molecule has 2 aromatic rings. The molecule has 1 amide bonds. The summed E-state index contributed by atoms with van der Waals surface area (Å²) in [6.45, 7) is 5.40. The summed E-state index contributed by atoms with van der Waals surface area (Å²) in [5.41, 5.74) is 2.51. The number of carbonyl (C=O) groups is 1. The number of benzene rings is 1. The van der Waals surface area contributed by atoms with Crippen molar-refractivity contribution in [1.29, 1.82) is 0 Å². The van der Waals surface area contributed by atoms with Crippen molar-refractivity contribution in [3.8, 4) is 0 Å². The summed E-state index contributed by atoms with van der Waals surface area (Å²) >= 11 is 0.